The minimum atomic E-state index is -0.363. The summed E-state index contributed by atoms with van der Waals surface area (Å²) in [5, 5.41) is 0. The van der Waals surface area contributed by atoms with E-state index in [0.717, 1.165) is 0 Å². The molecule has 0 amide bonds. The minimum absolute atomic E-state index is 0.169. The van der Waals surface area contributed by atoms with Crippen LogP contribution >= 0.6 is 0 Å². The molecule has 1 rings (SSSR count). The van der Waals surface area contributed by atoms with Gasteiger partial charge in [-0.1, -0.05) is 0 Å². The lowest BCUT2D eigenvalue weighted by Gasteiger charge is -2.23. The summed E-state index contributed by atoms with van der Waals surface area (Å²) in [7, 11) is 1.62. The number of rotatable bonds is 3. The molecule has 0 atom stereocenters. The van der Waals surface area contributed by atoms with E-state index in [1.54, 1.807) is 30.0 Å². The van der Waals surface area contributed by atoms with Crippen LogP contribution < -0.4 is 11.3 Å². The molecule has 0 aliphatic heterocycles. The molecule has 0 radical (unpaired) electrons. The van der Waals surface area contributed by atoms with Crippen molar-refractivity contribution < 1.29 is 4.74 Å². The first kappa shape index (κ1) is 10.8. The number of hydrogen-bond acceptors (Lipinski definition) is 3. The lowest BCUT2D eigenvalue weighted by Crippen LogP contribution is -2.34. The Labute approximate surface area is 83.3 Å². The van der Waals surface area contributed by atoms with Crippen molar-refractivity contribution in [2.45, 2.75) is 26.0 Å². The van der Waals surface area contributed by atoms with Crippen LogP contribution in [-0.2, 0) is 11.3 Å². The molecule has 14 heavy (non-hydrogen) atoms. The van der Waals surface area contributed by atoms with E-state index >= 15 is 0 Å². The fourth-order valence-corrected chi connectivity index (χ4v) is 1.15. The Balaban J connectivity index is 2.99. The van der Waals surface area contributed by atoms with Gasteiger partial charge in [0.15, 0.2) is 0 Å². The summed E-state index contributed by atoms with van der Waals surface area (Å²) in [5.74, 6) is 0. The van der Waals surface area contributed by atoms with Gasteiger partial charge in [-0.2, -0.15) is 0 Å². The number of nitrogens with zero attached hydrogens (tertiary/aromatic N) is 1. The standard InChI is InChI=1S/C10H16N2O2/c1-10(2,14-3)7-12-6-4-5-8(11)9(12)13/h4-6H,7,11H2,1-3H3. The average molecular weight is 196 g/mol. The van der Waals surface area contributed by atoms with Gasteiger partial charge in [0.2, 0.25) is 0 Å². The number of nitrogens with two attached hydrogens (primary N) is 1. The lowest BCUT2D eigenvalue weighted by molar-refractivity contribution is 0.00744. The van der Waals surface area contributed by atoms with E-state index in [1.807, 2.05) is 13.8 Å². The SMILES string of the molecule is COC(C)(C)Cn1cccc(N)c1=O. The highest BCUT2D eigenvalue weighted by atomic mass is 16.5. The molecule has 0 saturated carbocycles. The Hall–Kier alpha value is -1.29. The molecule has 78 valence electrons. The smallest absolute Gasteiger partial charge is 0.273 e. The maximum atomic E-state index is 11.5. The summed E-state index contributed by atoms with van der Waals surface area (Å²) in [4.78, 5) is 11.5. The van der Waals surface area contributed by atoms with Crippen LogP contribution in [0.15, 0.2) is 23.1 Å². The third-order valence-corrected chi connectivity index (χ3v) is 2.15. The van der Waals surface area contributed by atoms with E-state index in [4.69, 9.17) is 10.5 Å². The molecule has 0 bridgehead atoms. The average Bonchev–Trinajstić information content (AvgIpc) is 2.13. The molecule has 4 nitrogen and oxygen atoms in total. The lowest BCUT2D eigenvalue weighted by atomic mass is 10.1. The number of ether oxygens (including phenoxy) is 1. The third kappa shape index (κ3) is 2.35. The summed E-state index contributed by atoms with van der Waals surface area (Å²) in [6.45, 7) is 4.33. The summed E-state index contributed by atoms with van der Waals surface area (Å²) >= 11 is 0. The number of nitrogen functional groups attached to an aromatic ring is 1. The van der Waals surface area contributed by atoms with E-state index in [9.17, 15) is 4.79 Å². The van der Waals surface area contributed by atoms with Gasteiger partial charge in [0, 0.05) is 13.3 Å². The molecule has 4 heteroatoms. The molecular weight excluding hydrogens is 180 g/mol. The van der Waals surface area contributed by atoms with Crippen molar-refractivity contribution in [3.8, 4) is 0 Å². The minimum Gasteiger partial charge on any atom is -0.394 e. The van der Waals surface area contributed by atoms with Crippen molar-refractivity contribution >= 4 is 5.69 Å². The first-order valence-electron chi connectivity index (χ1n) is 4.46. The number of anilines is 1. The summed E-state index contributed by atoms with van der Waals surface area (Å²) in [6, 6.07) is 3.35. The zero-order valence-electron chi connectivity index (χ0n) is 8.78. The maximum Gasteiger partial charge on any atom is 0.273 e. The van der Waals surface area contributed by atoms with E-state index in [2.05, 4.69) is 0 Å². The highest BCUT2D eigenvalue weighted by molar-refractivity contribution is 5.33. The van der Waals surface area contributed by atoms with Crippen LogP contribution in [-0.4, -0.2) is 17.3 Å². The van der Waals surface area contributed by atoms with Crippen LogP contribution in [0.3, 0.4) is 0 Å². The van der Waals surface area contributed by atoms with Crippen LogP contribution in [0, 0.1) is 0 Å². The van der Waals surface area contributed by atoms with Crippen molar-refractivity contribution in [1.82, 2.24) is 4.57 Å². The van der Waals surface area contributed by atoms with Crippen LogP contribution in [0.1, 0.15) is 13.8 Å². The molecule has 0 fully saturated rings. The molecule has 0 aliphatic carbocycles. The molecule has 1 aromatic rings. The quantitative estimate of drug-likeness (QED) is 0.780. The van der Waals surface area contributed by atoms with Crippen molar-refractivity contribution in [1.29, 1.82) is 0 Å². The Morgan fingerprint density at radius 3 is 2.79 bits per heavy atom. The largest absolute Gasteiger partial charge is 0.394 e. The fraction of sp³-hybridized carbons (Fsp3) is 0.500. The van der Waals surface area contributed by atoms with Crippen LogP contribution in [0.5, 0.6) is 0 Å². The van der Waals surface area contributed by atoms with Crippen molar-refractivity contribution in [3.05, 3.63) is 28.7 Å². The van der Waals surface area contributed by atoms with Crippen molar-refractivity contribution in [3.63, 3.8) is 0 Å². The Morgan fingerprint density at radius 1 is 1.57 bits per heavy atom. The van der Waals surface area contributed by atoms with Gasteiger partial charge in [0.25, 0.3) is 5.56 Å². The van der Waals surface area contributed by atoms with Crippen LogP contribution in [0.2, 0.25) is 0 Å². The molecule has 0 unspecified atom stereocenters. The van der Waals surface area contributed by atoms with Crippen molar-refractivity contribution in [2.75, 3.05) is 12.8 Å². The van der Waals surface area contributed by atoms with Gasteiger partial charge in [0.1, 0.15) is 0 Å². The Morgan fingerprint density at radius 2 is 2.21 bits per heavy atom. The van der Waals surface area contributed by atoms with Gasteiger partial charge >= 0.3 is 0 Å². The van der Waals surface area contributed by atoms with Gasteiger partial charge < -0.3 is 15.0 Å². The van der Waals surface area contributed by atoms with Crippen LogP contribution in [0.25, 0.3) is 0 Å². The second-order valence-electron chi connectivity index (χ2n) is 3.86. The molecule has 1 heterocycles. The normalized spacial score (nSPS) is 11.6. The highest BCUT2D eigenvalue weighted by Crippen LogP contribution is 2.09. The van der Waals surface area contributed by atoms with Gasteiger partial charge in [-0.25, -0.2) is 0 Å². The van der Waals surface area contributed by atoms with E-state index in [-0.39, 0.29) is 16.8 Å². The predicted octanol–water partition coefficient (Wildman–Crippen LogP) is 0.855. The van der Waals surface area contributed by atoms with E-state index < -0.39 is 0 Å². The van der Waals surface area contributed by atoms with Gasteiger partial charge in [-0.3, -0.25) is 4.79 Å². The number of aromatic nitrogens is 1. The van der Waals surface area contributed by atoms with Gasteiger partial charge in [0.05, 0.1) is 17.8 Å². The number of hydrogen-bond donors (Lipinski definition) is 1. The highest BCUT2D eigenvalue weighted by Gasteiger charge is 2.17. The van der Waals surface area contributed by atoms with Gasteiger partial charge in [-0.05, 0) is 26.0 Å². The number of methoxy groups -OCH3 is 1. The fourth-order valence-electron chi connectivity index (χ4n) is 1.15. The second kappa shape index (κ2) is 3.84. The number of pyridine rings is 1. The summed E-state index contributed by atoms with van der Waals surface area (Å²) in [6.07, 6.45) is 1.71. The van der Waals surface area contributed by atoms with Crippen molar-refractivity contribution in [2.24, 2.45) is 0 Å². The monoisotopic (exact) mass is 196 g/mol. The third-order valence-electron chi connectivity index (χ3n) is 2.15. The Kier molecular flexibility index (Phi) is 2.96. The molecule has 0 saturated heterocycles. The first-order chi connectivity index (χ1) is 6.46. The predicted molar refractivity (Wildman–Crippen MR) is 56.2 cm³/mol. The van der Waals surface area contributed by atoms with E-state index in [0.29, 0.717) is 6.54 Å². The summed E-state index contributed by atoms with van der Waals surface area (Å²) in [5.41, 5.74) is 5.24. The topological polar surface area (TPSA) is 57.2 Å². The first-order valence-corrected chi connectivity index (χ1v) is 4.46. The van der Waals surface area contributed by atoms with Crippen LogP contribution in [0.4, 0.5) is 5.69 Å². The molecule has 0 spiro atoms. The zero-order valence-corrected chi connectivity index (χ0v) is 8.78. The zero-order chi connectivity index (χ0) is 10.8. The summed E-state index contributed by atoms with van der Waals surface area (Å²) < 4.78 is 6.79. The maximum absolute atomic E-state index is 11.5. The molecule has 1 aromatic heterocycles. The molecule has 0 aromatic carbocycles. The second-order valence-corrected chi connectivity index (χ2v) is 3.86. The molecular formula is C10H16N2O2. The van der Waals surface area contributed by atoms with E-state index in [1.165, 1.54) is 0 Å². The molecule has 2 N–H and O–H groups in total. The Bertz CT molecular complexity index is 369. The molecule has 0 aliphatic rings. The van der Waals surface area contributed by atoms with Gasteiger partial charge in [-0.15, -0.1) is 0 Å².